The number of carboxylic acids is 1. The van der Waals surface area contributed by atoms with E-state index in [0.717, 1.165) is 75.7 Å². The first-order chi connectivity index (χ1) is 21.7. The highest BCUT2D eigenvalue weighted by Gasteiger charge is 2.31. The van der Waals surface area contributed by atoms with Crippen LogP contribution in [0.2, 0.25) is 0 Å². The maximum absolute atomic E-state index is 13.6. The van der Waals surface area contributed by atoms with E-state index in [9.17, 15) is 19.5 Å². The molecule has 3 aromatic rings. The van der Waals surface area contributed by atoms with Crippen LogP contribution in [0.5, 0.6) is 0 Å². The third-order valence-corrected chi connectivity index (χ3v) is 9.83. The van der Waals surface area contributed by atoms with Gasteiger partial charge >= 0.3 is 5.97 Å². The third-order valence-electron chi connectivity index (χ3n) is 9.83. The molecule has 2 aliphatic carbocycles. The highest BCUT2D eigenvalue weighted by molar-refractivity contribution is 6.06. The molecule has 2 heterocycles. The SMILES string of the molecule is Cc1ccccc1CC1CCCN(c2cc(C)c(C(=O)N[C@H]3CCC[C@@H](C(=O)O)C3)cc2NC(=O)c2coc(C3CC3)n2)CC1. The van der Waals surface area contributed by atoms with E-state index in [1.165, 1.54) is 17.4 Å². The summed E-state index contributed by atoms with van der Waals surface area (Å²) in [6.07, 6.45) is 10.3. The lowest BCUT2D eigenvalue weighted by molar-refractivity contribution is -0.143. The average molecular weight is 613 g/mol. The molecule has 238 valence electrons. The van der Waals surface area contributed by atoms with Crippen LogP contribution in [0.15, 0.2) is 47.1 Å². The fourth-order valence-electron chi connectivity index (χ4n) is 6.96. The number of oxazole rings is 1. The molecule has 1 aliphatic heterocycles. The minimum atomic E-state index is -0.809. The first-order valence-electron chi connectivity index (χ1n) is 16.5. The average Bonchev–Trinajstić information content (AvgIpc) is 3.80. The molecule has 0 radical (unpaired) electrons. The number of benzene rings is 2. The number of aryl methyl sites for hydroxylation is 2. The largest absolute Gasteiger partial charge is 0.481 e. The highest BCUT2D eigenvalue weighted by Crippen LogP contribution is 2.39. The molecule has 2 aromatic carbocycles. The van der Waals surface area contributed by atoms with Crippen LogP contribution in [-0.2, 0) is 11.2 Å². The Labute approximate surface area is 264 Å². The smallest absolute Gasteiger partial charge is 0.306 e. The minimum Gasteiger partial charge on any atom is -0.481 e. The molecular weight excluding hydrogens is 568 g/mol. The number of aromatic nitrogens is 1. The molecule has 0 bridgehead atoms. The molecule has 0 spiro atoms. The lowest BCUT2D eigenvalue weighted by Gasteiger charge is -2.29. The Hall–Kier alpha value is -4.14. The van der Waals surface area contributed by atoms with Crippen LogP contribution in [0, 0.1) is 25.7 Å². The van der Waals surface area contributed by atoms with E-state index in [-0.39, 0.29) is 23.6 Å². The summed E-state index contributed by atoms with van der Waals surface area (Å²) in [6, 6.07) is 12.2. The molecule has 9 nitrogen and oxygen atoms in total. The Kier molecular flexibility index (Phi) is 9.24. The van der Waals surface area contributed by atoms with Gasteiger partial charge in [0.25, 0.3) is 11.8 Å². The summed E-state index contributed by atoms with van der Waals surface area (Å²) in [6.45, 7) is 5.80. The van der Waals surface area contributed by atoms with Gasteiger partial charge in [0.1, 0.15) is 6.26 Å². The number of anilines is 2. The Balaban J connectivity index is 1.23. The standard InChI is InChI=1S/C36H44N4O5/c1-22-7-3-4-9-26(22)18-24-8-6-15-40(16-14-24)32-17-23(2)29(33(41)37-28-11-5-10-27(19-28)36(43)44)20-30(32)38-34(42)31-21-45-35(39-31)25-12-13-25/h3-4,7,9,17,20-21,24-25,27-28H,5-6,8,10-16,18-19H2,1-2H3,(H,37,41)(H,38,42)(H,43,44)/t24?,27-,28+/m1/s1. The number of nitrogens with zero attached hydrogens (tertiary/aromatic N) is 2. The van der Waals surface area contributed by atoms with Crippen LogP contribution in [-0.4, -0.2) is 47.0 Å². The summed E-state index contributed by atoms with van der Waals surface area (Å²) in [4.78, 5) is 45.4. The van der Waals surface area contributed by atoms with Crippen molar-refractivity contribution in [3.05, 3.63) is 76.5 Å². The molecule has 9 heteroatoms. The van der Waals surface area contributed by atoms with Gasteiger partial charge in [0.05, 0.1) is 17.3 Å². The predicted molar refractivity (Wildman–Crippen MR) is 173 cm³/mol. The number of hydrogen-bond donors (Lipinski definition) is 3. The van der Waals surface area contributed by atoms with Crippen molar-refractivity contribution < 1.29 is 23.9 Å². The molecule has 3 N–H and O–H groups in total. The zero-order valence-electron chi connectivity index (χ0n) is 26.3. The molecule has 1 unspecified atom stereocenters. The van der Waals surface area contributed by atoms with Gasteiger partial charge in [-0.05, 0) is 106 Å². The van der Waals surface area contributed by atoms with Gasteiger partial charge in [0, 0.05) is 30.6 Å². The summed E-state index contributed by atoms with van der Waals surface area (Å²) in [5.41, 5.74) is 5.70. The summed E-state index contributed by atoms with van der Waals surface area (Å²) in [5.74, 6) is -0.408. The van der Waals surface area contributed by atoms with Crippen LogP contribution >= 0.6 is 0 Å². The third kappa shape index (κ3) is 7.40. The molecule has 45 heavy (non-hydrogen) atoms. The Morgan fingerprint density at radius 1 is 0.956 bits per heavy atom. The minimum absolute atomic E-state index is 0.198. The Morgan fingerprint density at radius 2 is 1.78 bits per heavy atom. The topological polar surface area (TPSA) is 125 Å². The predicted octanol–water partition coefficient (Wildman–Crippen LogP) is 6.64. The lowest BCUT2D eigenvalue weighted by atomic mass is 9.85. The van der Waals surface area contributed by atoms with Crippen LogP contribution in [0.4, 0.5) is 11.4 Å². The first kappa shape index (κ1) is 30.9. The molecule has 3 fully saturated rings. The van der Waals surface area contributed by atoms with Crippen molar-refractivity contribution in [1.82, 2.24) is 10.3 Å². The van der Waals surface area contributed by atoms with Crippen molar-refractivity contribution in [1.29, 1.82) is 0 Å². The van der Waals surface area contributed by atoms with Gasteiger partial charge < -0.3 is 25.1 Å². The van der Waals surface area contributed by atoms with Gasteiger partial charge in [-0.1, -0.05) is 30.7 Å². The fourth-order valence-corrected chi connectivity index (χ4v) is 6.96. The maximum atomic E-state index is 13.6. The number of nitrogens with one attached hydrogen (secondary N) is 2. The van der Waals surface area contributed by atoms with Crippen molar-refractivity contribution in [3.8, 4) is 0 Å². The van der Waals surface area contributed by atoms with Gasteiger partial charge in [0.15, 0.2) is 11.6 Å². The quantitative estimate of drug-likeness (QED) is 0.247. The number of aliphatic carboxylic acids is 1. The Bertz CT molecular complexity index is 1560. The second-order valence-corrected chi connectivity index (χ2v) is 13.3. The van der Waals surface area contributed by atoms with Gasteiger partial charge in [-0.3, -0.25) is 14.4 Å². The van der Waals surface area contributed by atoms with E-state index >= 15 is 0 Å². The number of rotatable bonds is 9. The second kappa shape index (κ2) is 13.5. The fraction of sp³-hybridized carbons (Fsp3) is 0.500. The van der Waals surface area contributed by atoms with E-state index < -0.39 is 11.9 Å². The zero-order valence-corrected chi connectivity index (χ0v) is 26.3. The summed E-state index contributed by atoms with van der Waals surface area (Å²) in [5, 5.41) is 15.7. The zero-order chi connectivity index (χ0) is 31.5. The molecule has 2 saturated carbocycles. The van der Waals surface area contributed by atoms with E-state index in [4.69, 9.17) is 4.42 Å². The molecule has 1 saturated heterocycles. The molecule has 3 aliphatic rings. The maximum Gasteiger partial charge on any atom is 0.306 e. The molecule has 3 atom stereocenters. The van der Waals surface area contributed by atoms with E-state index in [1.807, 2.05) is 13.0 Å². The lowest BCUT2D eigenvalue weighted by Crippen LogP contribution is -2.40. The van der Waals surface area contributed by atoms with Crippen molar-refractivity contribution in [2.45, 2.75) is 90.0 Å². The van der Waals surface area contributed by atoms with E-state index in [1.54, 1.807) is 6.07 Å². The summed E-state index contributed by atoms with van der Waals surface area (Å²) in [7, 11) is 0. The molecule has 2 amide bonds. The van der Waals surface area contributed by atoms with Crippen LogP contribution in [0.25, 0.3) is 0 Å². The second-order valence-electron chi connectivity index (χ2n) is 13.3. The Morgan fingerprint density at radius 3 is 2.56 bits per heavy atom. The van der Waals surface area contributed by atoms with Crippen LogP contribution < -0.4 is 15.5 Å². The van der Waals surface area contributed by atoms with Gasteiger partial charge in [-0.2, -0.15) is 0 Å². The van der Waals surface area contributed by atoms with Gasteiger partial charge in [-0.15, -0.1) is 0 Å². The van der Waals surface area contributed by atoms with Gasteiger partial charge in [-0.25, -0.2) is 4.98 Å². The molecule has 1 aromatic heterocycles. The first-order valence-corrected chi connectivity index (χ1v) is 16.5. The van der Waals surface area contributed by atoms with Gasteiger partial charge in [0.2, 0.25) is 0 Å². The number of amides is 2. The number of carbonyl (C=O) groups is 3. The summed E-state index contributed by atoms with van der Waals surface area (Å²) >= 11 is 0. The van der Waals surface area contributed by atoms with Crippen molar-refractivity contribution >= 4 is 29.2 Å². The van der Waals surface area contributed by atoms with Crippen molar-refractivity contribution in [2.75, 3.05) is 23.3 Å². The number of hydrogen-bond acceptors (Lipinski definition) is 6. The molecule has 6 rings (SSSR count). The van der Waals surface area contributed by atoms with E-state index in [2.05, 4.69) is 51.7 Å². The normalized spacial score (nSPS) is 22.0. The summed E-state index contributed by atoms with van der Waals surface area (Å²) < 4.78 is 5.58. The van der Waals surface area contributed by atoms with Crippen LogP contribution in [0.1, 0.15) is 107 Å². The highest BCUT2D eigenvalue weighted by atomic mass is 16.4. The van der Waals surface area contributed by atoms with Crippen molar-refractivity contribution in [3.63, 3.8) is 0 Å². The molecular formula is C36H44N4O5. The number of carboxylic acid groups (broad SMARTS) is 1. The van der Waals surface area contributed by atoms with E-state index in [0.29, 0.717) is 41.8 Å². The number of carbonyl (C=O) groups excluding carboxylic acids is 2. The van der Waals surface area contributed by atoms with Crippen LogP contribution in [0.3, 0.4) is 0 Å². The monoisotopic (exact) mass is 612 g/mol. The van der Waals surface area contributed by atoms with Crippen molar-refractivity contribution in [2.24, 2.45) is 11.8 Å².